The van der Waals surface area contributed by atoms with Crippen LogP contribution in [-0.4, -0.2) is 33.0 Å². The first-order valence-electron chi connectivity index (χ1n) is 4.78. The molecule has 88 valence electrons. The largest absolute Gasteiger partial charge is 0.409 e. The molecule has 1 aromatic rings. The number of imidazole rings is 1. The van der Waals surface area contributed by atoms with Crippen molar-refractivity contribution in [1.29, 1.82) is 0 Å². The minimum absolute atomic E-state index is 0.0846. The molecule has 1 atom stereocenters. The van der Waals surface area contributed by atoms with E-state index in [0.717, 1.165) is 0 Å². The van der Waals surface area contributed by atoms with E-state index < -0.39 is 0 Å². The standard InChI is InChI=1S/C9H15N5O2/c1-6(8(10)13-16)3-11-9(15)7-4-14(2)5-12-7/h4-6,16H,3H2,1-2H3,(H2,10,13)(H,11,15). The number of oxime groups is 1. The van der Waals surface area contributed by atoms with Gasteiger partial charge in [-0.2, -0.15) is 0 Å². The van der Waals surface area contributed by atoms with Crippen molar-refractivity contribution in [3.63, 3.8) is 0 Å². The van der Waals surface area contributed by atoms with Crippen molar-refractivity contribution in [2.24, 2.45) is 23.9 Å². The summed E-state index contributed by atoms with van der Waals surface area (Å²) in [4.78, 5) is 15.4. The molecule has 1 unspecified atom stereocenters. The summed E-state index contributed by atoms with van der Waals surface area (Å²) in [6.07, 6.45) is 3.16. The summed E-state index contributed by atoms with van der Waals surface area (Å²) in [5.41, 5.74) is 5.72. The number of nitrogens with two attached hydrogens (primary N) is 1. The van der Waals surface area contributed by atoms with Gasteiger partial charge >= 0.3 is 0 Å². The Balaban J connectivity index is 2.47. The summed E-state index contributed by atoms with van der Waals surface area (Å²) in [6, 6.07) is 0. The van der Waals surface area contributed by atoms with Crippen LogP contribution in [0.15, 0.2) is 17.7 Å². The summed E-state index contributed by atoms with van der Waals surface area (Å²) >= 11 is 0. The third-order valence-corrected chi connectivity index (χ3v) is 2.13. The van der Waals surface area contributed by atoms with Crippen LogP contribution >= 0.6 is 0 Å². The molecule has 7 heteroatoms. The minimum Gasteiger partial charge on any atom is -0.409 e. The zero-order valence-corrected chi connectivity index (χ0v) is 9.21. The van der Waals surface area contributed by atoms with Crippen LogP contribution in [-0.2, 0) is 7.05 Å². The summed E-state index contributed by atoms with van der Waals surface area (Å²) in [6.45, 7) is 2.04. The second-order valence-electron chi connectivity index (χ2n) is 3.56. The molecule has 0 spiro atoms. The maximum absolute atomic E-state index is 11.5. The predicted octanol–water partition coefficient (Wildman–Crippen LogP) is -0.468. The van der Waals surface area contributed by atoms with Crippen LogP contribution in [0, 0.1) is 5.92 Å². The van der Waals surface area contributed by atoms with Crippen molar-refractivity contribution in [3.8, 4) is 0 Å². The average Bonchev–Trinajstić information content (AvgIpc) is 2.71. The van der Waals surface area contributed by atoms with E-state index in [2.05, 4.69) is 15.5 Å². The van der Waals surface area contributed by atoms with Gasteiger partial charge in [0.1, 0.15) is 11.5 Å². The number of nitrogens with zero attached hydrogens (tertiary/aromatic N) is 3. The van der Waals surface area contributed by atoms with E-state index in [1.54, 1.807) is 31.1 Å². The lowest BCUT2D eigenvalue weighted by molar-refractivity contribution is 0.0946. The Morgan fingerprint density at radius 1 is 1.81 bits per heavy atom. The van der Waals surface area contributed by atoms with Gasteiger partial charge < -0.3 is 20.8 Å². The number of rotatable bonds is 4. The molecule has 0 bridgehead atoms. The van der Waals surface area contributed by atoms with Gasteiger partial charge in [0.05, 0.1) is 6.33 Å². The molecular formula is C9H15N5O2. The predicted molar refractivity (Wildman–Crippen MR) is 58.1 cm³/mol. The maximum atomic E-state index is 11.5. The molecule has 1 rings (SSSR count). The Kier molecular flexibility index (Phi) is 3.87. The monoisotopic (exact) mass is 225 g/mol. The number of amides is 1. The highest BCUT2D eigenvalue weighted by atomic mass is 16.4. The van der Waals surface area contributed by atoms with Crippen molar-refractivity contribution in [2.75, 3.05) is 6.54 Å². The highest BCUT2D eigenvalue weighted by Gasteiger charge is 2.12. The molecule has 0 aliphatic rings. The Bertz CT molecular complexity index is 398. The first-order chi connectivity index (χ1) is 7.54. The summed E-state index contributed by atoms with van der Waals surface area (Å²) in [5.74, 6) is -0.419. The Morgan fingerprint density at radius 3 is 3.00 bits per heavy atom. The molecule has 0 fully saturated rings. The third-order valence-electron chi connectivity index (χ3n) is 2.13. The minimum atomic E-state index is -0.279. The van der Waals surface area contributed by atoms with Crippen LogP contribution in [0.1, 0.15) is 17.4 Å². The summed E-state index contributed by atoms with van der Waals surface area (Å²) in [5, 5.41) is 13.9. The maximum Gasteiger partial charge on any atom is 0.271 e. The van der Waals surface area contributed by atoms with E-state index in [4.69, 9.17) is 10.9 Å². The molecule has 4 N–H and O–H groups in total. The molecule has 0 aromatic carbocycles. The van der Waals surface area contributed by atoms with Gasteiger partial charge in [0, 0.05) is 25.7 Å². The van der Waals surface area contributed by atoms with E-state index in [-0.39, 0.29) is 17.7 Å². The van der Waals surface area contributed by atoms with E-state index >= 15 is 0 Å². The van der Waals surface area contributed by atoms with Gasteiger partial charge in [0.15, 0.2) is 0 Å². The summed E-state index contributed by atoms with van der Waals surface area (Å²) < 4.78 is 1.68. The fourth-order valence-electron chi connectivity index (χ4n) is 1.07. The van der Waals surface area contributed by atoms with Gasteiger partial charge in [-0.1, -0.05) is 12.1 Å². The SMILES string of the molecule is CC(CNC(=O)c1cn(C)cn1)C(N)=NO. The van der Waals surface area contributed by atoms with E-state index in [1.165, 1.54) is 0 Å². The highest BCUT2D eigenvalue weighted by molar-refractivity contribution is 5.92. The molecule has 1 aromatic heterocycles. The normalized spacial score (nSPS) is 13.5. The van der Waals surface area contributed by atoms with Gasteiger partial charge in [0.2, 0.25) is 0 Å². The van der Waals surface area contributed by atoms with Crippen molar-refractivity contribution in [3.05, 3.63) is 18.2 Å². The van der Waals surface area contributed by atoms with Crippen LogP contribution in [0.3, 0.4) is 0 Å². The molecule has 0 saturated heterocycles. The topological polar surface area (TPSA) is 106 Å². The molecule has 0 saturated carbocycles. The van der Waals surface area contributed by atoms with Gasteiger partial charge in [-0.3, -0.25) is 4.79 Å². The molecule has 0 aliphatic carbocycles. The second-order valence-corrected chi connectivity index (χ2v) is 3.56. The van der Waals surface area contributed by atoms with Crippen LogP contribution in [0.5, 0.6) is 0 Å². The van der Waals surface area contributed by atoms with Crippen molar-refractivity contribution >= 4 is 11.7 Å². The van der Waals surface area contributed by atoms with Crippen LogP contribution in [0.25, 0.3) is 0 Å². The number of hydrogen-bond donors (Lipinski definition) is 3. The van der Waals surface area contributed by atoms with E-state index in [9.17, 15) is 4.79 Å². The van der Waals surface area contributed by atoms with Crippen molar-refractivity contribution in [1.82, 2.24) is 14.9 Å². The lowest BCUT2D eigenvalue weighted by Gasteiger charge is -2.09. The molecule has 16 heavy (non-hydrogen) atoms. The number of carbonyl (C=O) groups is 1. The average molecular weight is 225 g/mol. The Morgan fingerprint density at radius 2 is 2.50 bits per heavy atom. The number of aromatic nitrogens is 2. The van der Waals surface area contributed by atoms with Gasteiger partial charge in [-0.05, 0) is 0 Å². The van der Waals surface area contributed by atoms with Crippen LogP contribution in [0.4, 0.5) is 0 Å². The molecule has 0 aliphatic heterocycles. The Hall–Kier alpha value is -2.05. The van der Waals surface area contributed by atoms with Gasteiger partial charge in [-0.25, -0.2) is 4.98 Å². The lowest BCUT2D eigenvalue weighted by Crippen LogP contribution is -2.34. The number of carbonyl (C=O) groups excluding carboxylic acids is 1. The third kappa shape index (κ3) is 2.97. The molecule has 1 heterocycles. The number of aryl methyl sites for hydroxylation is 1. The lowest BCUT2D eigenvalue weighted by atomic mass is 10.1. The summed E-state index contributed by atoms with van der Waals surface area (Å²) in [7, 11) is 1.78. The molecule has 0 radical (unpaired) electrons. The first kappa shape index (κ1) is 12.0. The van der Waals surface area contributed by atoms with E-state index in [0.29, 0.717) is 12.2 Å². The van der Waals surface area contributed by atoms with Crippen molar-refractivity contribution in [2.45, 2.75) is 6.92 Å². The van der Waals surface area contributed by atoms with Gasteiger partial charge in [-0.15, -0.1) is 0 Å². The fraction of sp³-hybridized carbons (Fsp3) is 0.444. The van der Waals surface area contributed by atoms with Gasteiger partial charge in [0.25, 0.3) is 5.91 Å². The fourth-order valence-corrected chi connectivity index (χ4v) is 1.07. The Labute approximate surface area is 93.0 Å². The second kappa shape index (κ2) is 5.15. The number of amidine groups is 1. The zero-order valence-electron chi connectivity index (χ0n) is 9.21. The van der Waals surface area contributed by atoms with Crippen LogP contribution in [0.2, 0.25) is 0 Å². The highest BCUT2D eigenvalue weighted by Crippen LogP contribution is 1.96. The number of hydrogen-bond acceptors (Lipinski definition) is 4. The zero-order chi connectivity index (χ0) is 12.1. The smallest absolute Gasteiger partial charge is 0.271 e. The van der Waals surface area contributed by atoms with Crippen LogP contribution < -0.4 is 11.1 Å². The molecule has 1 amide bonds. The number of nitrogens with one attached hydrogen (secondary N) is 1. The van der Waals surface area contributed by atoms with E-state index in [1.807, 2.05) is 0 Å². The molecule has 7 nitrogen and oxygen atoms in total. The van der Waals surface area contributed by atoms with Crippen molar-refractivity contribution < 1.29 is 10.0 Å². The first-order valence-corrected chi connectivity index (χ1v) is 4.78. The molecular weight excluding hydrogens is 210 g/mol. The quantitative estimate of drug-likeness (QED) is 0.279.